The number of carbonyl (C=O) groups excluding carboxylic acids is 1. The van der Waals surface area contributed by atoms with E-state index in [1.54, 1.807) is 6.08 Å². The van der Waals surface area contributed by atoms with Crippen LogP contribution in [0.1, 0.15) is 33.1 Å². The number of cyclic esters (lactones) is 1. The highest BCUT2D eigenvalue weighted by molar-refractivity contribution is 6.68. The average Bonchev–Trinajstić information content (AvgIpc) is 2.81. The Morgan fingerprint density at radius 2 is 2.17 bits per heavy atom. The second-order valence-corrected chi connectivity index (χ2v) is 6.49. The monoisotopic (exact) mass is 313 g/mol. The van der Waals surface area contributed by atoms with Crippen molar-refractivity contribution in [3.8, 4) is 0 Å². The molecule has 2 aliphatic heterocycles. The standard InChI is InChI=1S/C10H12Cl3NO2.C2H6/c1-2-4-9-5-3-6-14(9)7(10(11,12)13)16-8(9)15;1-2/h2,7H,1,3-6H2;1-2H3. The molecule has 2 aliphatic rings. The fraction of sp³-hybridized carbons (Fsp3) is 0.750. The van der Waals surface area contributed by atoms with E-state index in [-0.39, 0.29) is 5.97 Å². The van der Waals surface area contributed by atoms with Crippen molar-refractivity contribution in [2.75, 3.05) is 6.54 Å². The summed E-state index contributed by atoms with van der Waals surface area (Å²) in [5.41, 5.74) is -0.656. The van der Waals surface area contributed by atoms with Crippen LogP contribution in [0.15, 0.2) is 12.7 Å². The van der Waals surface area contributed by atoms with Crippen LogP contribution in [0.5, 0.6) is 0 Å². The van der Waals surface area contributed by atoms with Crippen LogP contribution in [0.25, 0.3) is 0 Å². The lowest BCUT2D eigenvalue weighted by Crippen LogP contribution is -2.48. The molecule has 18 heavy (non-hydrogen) atoms. The van der Waals surface area contributed by atoms with Crippen molar-refractivity contribution in [2.45, 2.75) is 48.7 Å². The van der Waals surface area contributed by atoms with Gasteiger partial charge in [0.25, 0.3) is 0 Å². The summed E-state index contributed by atoms with van der Waals surface area (Å²) in [6.45, 7) is 8.37. The van der Waals surface area contributed by atoms with Gasteiger partial charge >= 0.3 is 5.97 Å². The number of esters is 1. The second kappa shape index (κ2) is 6.00. The van der Waals surface area contributed by atoms with Crippen LogP contribution in [0, 0.1) is 0 Å². The van der Waals surface area contributed by atoms with Gasteiger partial charge in [0, 0.05) is 6.54 Å². The maximum Gasteiger partial charge on any atom is 0.328 e. The zero-order chi connectivity index (χ0) is 14.0. The number of ether oxygens (including phenoxy) is 1. The molecule has 2 atom stereocenters. The summed E-state index contributed by atoms with van der Waals surface area (Å²) >= 11 is 17.5. The lowest BCUT2D eigenvalue weighted by Gasteiger charge is -2.31. The van der Waals surface area contributed by atoms with Crippen molar-refractivity contribution >= 4 is 40.8 Å². The van der Waals surface area contributed by atoms with Crippen molar-refractivity contribution in [1.82, 2.24) is 4.90 Å². The zero-order valence-electron chi connectivity index (χ0n) is 10.6. The van der Waals surface area contributed by atoms with Gasteiger partial charge in [-0.1, -0.05) is 54.7 Å². The number of carbonyl (C=O) groups is 1. The lowest BCUT2D eigenvalue weighted by atomic mass is 9.93. The van der Waals surface area contributed by atoms with E-state index in [1.165, 1.54) is 0 Å². The predicted octanol–water partition coefficient (Wildman–Crippen LogP) is 3.68. The normalized spacial score (nSPS) is 31.4. The molecule has 0 bridgehead atoms. The topological polar surface area (TPSA) is 29.5 Å². The van der Waals surface area contributed by atoms with Gasteiger partial charge in [-0.05, 0) is 19.3 Å². The molecular formula is C12H18Cl3NO2. The molecule has 0 saturated carbocycles. The van der Waals surface area contributed by atoms with Gasteiger partial charge in [-0.2, -0.15) is 0 Å². The maximum absolute atomic E-state index is 11.9. The molecule has 0 radical (unpaired) electrons. The van der Waals surface area contributed by atoms with E-state index < -0.39 is 15.6 Å². The summed E-state index contributed by atoms with van der Waals surface area (Å²) in [5, 5.41) is 0. The van der Waals surface area contributed by atoms with Gasteiger partial charge in [-0.3, -0.25) is 0 Å². The van der Waals surface area contributed by atoms with Crippen molar-refractivity contribution in [3.63, 3.8) is 0 Å². The molecule has 104 valence electrons. The van der Waals surface area contributed by atoms with E-state index in [9.17, 15) is 4.79 Å². The predicted molar refractivity (Wildman–Crippen MR) is 75.0 cm³/mol. The van der Waals surface area contributed by atoms with Gasteiger partial charge in [0.1, 0.15) is 5.54 Å². The first kappa shape index (κ1) is 16.1. The molecule has 2 saturated heterocycles. The third-order valence-electron chi connectivity index (χ3n) is 3.18. The van der Waals surface area contributed by atoms with Crippen LogP contribution in [-0.2, 0) is 9.53 Å². The smallest absolute Gasteiger partial charge is 0.328 e. The Balaban J connectivity index is 0.000000771. The van der Waals surface area contributed by atoms with Gasteiger partial charge in [-0.15, -0.1) is 6.58 Å². The summed E-state index contributed by atoms with van der Waals surface area (Å²) in [6.07, 6.45) is 3.09. The Bertz CT molecular complexity index is 330. The largest absolute Gasteiger partial charge is 0.440 e. The van der Waals surface area contributed by atoms with Gasteiger partial charge in [-0.25, -0.2) is 9.69 Å². The Morgan fingerprint density at radius 3 is 2.67 bits per heavy atom. The van der Waals surface area contributed by atoms with Crippen molar-refractivity contribution in [3.05, 3.63) is 12.7 Å². The molecule has 0 amide bonds. The summed E-state index contributed by atoms with van der Waals surface area (Å²) in [6, 6.07) is 0. The molecule has 0 aromatic rings. The number of fused-ring (bicyclic) bond motifs is 1. The molecule has 0 N–H and O–H groups in total. The van der Waals surface area contributed by atoms with Crippen molar-refractivity contribution in [2.24, 2.45) is 0 Å². The minimum atomic E-state index is -1.61. The van der Waals surface area contributed by atoms with E-state index in [0.29, 0.717) is 13.0 Å². The maximum atomic E-state index is 11.9. The minimum absolute atomic E-state index is 0.304. The molecular weight excluding hydrogens is 296 g/mol. The fourth-order valence-electron chi connectivity index (χ4n) is 2.52. The van der Waals surface area contributed by atoms with Crippen molar-refractivity contribution < 1.29 is 9.53 Å². The van der Waals surface area contributed by atoms with E-state index in [2.05, 4.69) is 6.58 Å². The van der Waals surface area contributed by atoms with Gasteiger partial charge < -0.3 is 4.74 Å². The molecule has 0 aromatic heterocycles. The van der Waals surface area contributed by atoms with E-state index in [0.717, 1.165) is 12.8 Å². The molecule has 2 unspecified atom stereocenters. The number of halogens is 3. The van der Waals surface area contributed by atoms with Crippen LogP contribution in [0.4, 0.5) is 0 Å². The molecule has 3 nitrogen and oxygen atoms in total. The quantitative estimate of drug-likeness (QED) is 0.442. The minimum Gasteiger partial charge on any atom is -0.440 e. The number of alkyl halides is 3. The van der Waals surface area contributed by atoms with E-state index in [1.807, 2.05) is 18.7 Å². The third-order valence-corrected chi connectivity index (χ3v) is 3.74. The summed E-state index contributed by atoms with van der Waals surface area (Å²) in [5.74, 6) is -0.304. The lowest BCUT2D eigenvalue weighted by molar-refractivity contribution is -0.145. The van der Waals surface area contributed by atoms with Gasteiger partial charge in [0.15, 0.2) is 0 Å². The van der Waals surface area contributed by atoms with Crippen LogP contribution in [-0.4, -0.2) is 33.0 Å². The highest BCUT2D eigenvalue weighted by atomic mass is 35.6. The molecule has 2 rings (SSSR count). The molecule has 0 spiro atoms. The van der Waals surface area contributed by atoms with Gasteiger partial charge in [0.2, 0.25) is 10.0 Å². The second-order valence-electron chi connectivity index (χ2n) is 4.12. The van der Waals surface area contributed by atoms with Crippen LogP contribution >= 0.6 is 34.8 Å². The van der Waals surface area contributed by atoms with Crippen molar-refractivity contribution in [1.29, 1.82) is 0 Å². The summed E-state index contributed by atoms with van der Waals surface area (Å²) in [4.78, 5) is 13.8. The van der Waals surface area contributed by atoms with Gasteiger partial charge in [0.05, 0.1) is 0 Å². The summed E-state index contributed by atoms with van der Waals surface area (Å²) < 4.78 is 3.58. The number of hydrogen-bond donors (Lipinski definition) is 0. The first-order valence-electron chi connectivity index (χ1n) is 6.07. The number of nitrogens with zero attached hydrogens (tertiary/aromatic N) is 1. The third kappa shape index (κ3) is 2.64. The molecule has 6 heteroatoms. The number of hydrogen-bond acceptors (Lipinski definition) is 3. The van der Waals surface area contributed by atoms with E-state index >= 15 is 0 Å². The molecule has 0 aliphatic carbocycles. The highest BCUT2D eigenvalue weighted by Crippen LogP contribution is 2.47. The Morgan fingerprint density at radius 1 is 1.56 bits per heavy atom. The first-order chi connectivity index (χ1) is 8.42. The first-order valence-corrected chi connectivity index (χ1v) is 7.21. The molecule has 2 fully saturated rings. The Labute approximate surface area is 123 Å². The van der Waals surface area contributed by atoms with Crippen LogP contribution < -0.4 is 0 Å². The Kier molecular flexibility index (Phi) is 5.36. The highest BCUT2D eigenvalue weighted by Gasteiger charge is 2.61. The number of rotatable bonds is 2. The Hall–Kier alpha value is 0.0400. The average molecular weight is 315 g/mol. The van der Waals surface area contributed by atoms with Crippen LogP contribution in [0.3, 0.4) is 0 Å². The fourth-order valence-corrected chi connectivity index (χ4v) is 3.01. The van der Waals surface area contributed by atoms with E-state index in [4.69, 9.17) is 39.5 Å². The zero-order valence-corrected chi connectivity index (χ0v) is 12.9. The van der Waals surface area contributed by atoms with Crippen LogP contribution in [0.2, 0.25) is 0 Å². The SMILES string of the molecule is C=CCC12CCCN1C(C(Cl)(Cl)Cl)OC2=O.CC. The molecule has 0 aromatic carbocycles. The molecule has 2 heterocycles. The summed E-state index contributed by atoms with van der Waals surface area (Å²) in [7, 11) is 0.